The van der Waals surface area contributed by atoms with E-state index >= 15 is 0 Å². The van der Waals surface area contributed by atoms with Gasteiger partial charge in [-0.2, -0.15) is 0 Å². The van der Waals surface area contributed by atoms with Crippen molar-refractivity contribution in [3.63, 3.8) is 0 Å². The fourth-order valence-electron chi connectivity index (χ4n) is 6.28. The molecular weight excluding hydrogens is 284 g/mol. The summed E-state index contributed by atoms with van der Waals surface area (Å²) in [6.07, 6.45) is 8.42. The van der Waals surface area contributed by atoms with Crippen molar-refractivity contribution < 1.29 is 10.2 Å². The Labute approximate surface area is 139 Å². The summed E-state index contributed by atoms with van der Waals surface area (Å²) < 4.78 is 0. The number of hydrogen-bond donors (Lipinski definition) is 2. The Kier molecular flexibility index (Phi) is 3.57. The molecule has 3 aliphatic rings. The average Bonchev–Trinajstić information content (AvgIpc) is 2.78. The molecule has 23 heavy (non-hydrogen) atoms. The van der Waals surface area contributed by atoms with Crippen molar-refractivity contribution in [3.8, 4) is 5.75 Å². The summed E-state index contributed by atoms with van der Waals surface area (Å²) >= 11 is 0. The van der Waals surface area contributed by atoms with Gasteiger partial charge in [0.1, 0.15) is 5.75 Å². The first-order chi connectivity index (χ1) is 11.0. The van der Waals surface area contributed by atoms with Crippen LogP contribution in [0, 0.1) is 23.2 Å². The highest BCUT2D eigenvalue weighted by atomic mass is 16.3. The monoisotopic (exact) mass is 312 g/mol. The molecule has 124 valence electrons. The maximum absolute atomic E-state index is 10.7. The van der Waals surface area contributed by atoms with E-state index < -0.39 is 0 Å². The molecule has 2 saturated carbocycles. The minimum atomic E-state index is -0.153. The molecule has 0 aliphatic heterocycles. The zero-order chi connectivity index (χ0) is 16.2. The fraction of sp³-hybridized carbons (Fsp3) is 0.619. The van der Waals surface area contributed by atoms with Crippen LogP contribution in [0.15, 0.2) is 30.9 Å². The molecule has 0 aromatic heterocycles. The third-order valence-electron chi connectivity index (χ3n) is 7.27. The number of phenolic OH excluding ortho intramolecular Hbond substituents is 1. The Morgan fingerprint density at radius 1 is 1.35 bits per heavy atom. The summed E-state index contributed by atoms with van der Waals surface area (Å²) in [6.45, 7) is 6.28. The molecule has 3 aliphatic carbocycles. The van der Waals surface area contributed by atoms with Crippen molar-refractivity contribution in [1.82, 2.24) is 0 Å². The van der Waals surface area contributed by atoms with Crippen LogP contribution in [0.5, 0.6) is 5.75 Å². The lowest BCUT2D eigenvalue weighted by Crippen LogP contribution is -2.45. The van der Waals surface area contributed by atoms with Crippen molar-refractivity contribution in [2.45, 2.75) is 57.5 Å². The van der Waals surface area contributed by atoms with E-state index in [-0.39, 0.29) is 11.5 Å². The minimum absolute atomic E-state index is 0.0866. The van der Waals surface area contributed by atoms with Gasteiger partial charge in [0.25, 0.3) is 0 Å². The number of rotatable bonds is 2. The lowest BCUT2D eigenvalue weighted by atomic mass is 9.54. The van der Waals surface area contributed by atoms with Gasteiger partial charge in [-0.05, 0) is 90.9 Å². The number of fused-ring (bicyclic) bond motifs is 5. The van der Waals surface area contributed by atoms with Gasteiger partial charge in [-0.15, -0.1) is 6.58 Å². The Morgan fingerprint density at radius 3 is 2.96 bits per heavy atom. The van der Waals surface area contributed by atoms with Gasteiger partial charge in [0.05, 0.1) is 6.10 Å². The lowest BCUT2D eigenvalue weighted by Gasteiger charge is -2.51. The van der Waals surface area contributed by atoms with Crippen LogP contribution in [0.3, 0.4) is 0 Å². The van der Waals surface area contributed by atoms with Gasteiger partial charge in [0.15, 0.2) is 0 Å². The van der Waals surface area contributed by atoms with Crippen LogP contribution < -0.4 is 0 Å². The number of aryl methyl sites for hydroxylation is 1. The fourth-order valence-corrected chi connectivity index (χ4v) is 6.28. The van der Waals surface area contributed by atoms with Crippen LogP contribution in [-0.4, -0.2) is 16.3 Å². The van der Waals surface area contributed by atoms with Gasteiger partial charge < -0.3 is 10.2 Å². The van der Waals surface area contributed by atoms with Gasteiger partial charge in [-0.3, -0.25) is 0 Å². The van der Waals surface area contributed by atoms with Crippen LogP contribution >= 0.6 is 0 Å². The van der Waals surface area contributed by atoms with E-state index in [0.29, 0.717) is 29.4 Å². The molecule has 1 aromatic carbocycles. The van der Waals surface area contributed by atoms with Gasteiger partial charge >= 0.3 is 0 Å². The zero-order valence-corrected chi connectivity index (χ0v) is 14.0. The summed E-state index contributed by atoms with van der Waals surface area (Å²) in [5, 5.41) is 20.5. The smallest absolute Gasteiger partial charge is 0.115 e. The minimum Gasteiger partial charge on any atom is -0.508 e. The lowest BCUT2D eigenvalue weighted by molar-refractivity contribution is -0.0296. The first kappa shape index (κ1) is 15.3. The average molecular weight is 312 g/mol. The molecule has 0 unspecified atom stereocenters. The quantitative estimate of drug-likeness (QED) is 0.794. The summed E-state index contributed by atoms with van der Waals surface area (Å²) in [6, 6.07) is 5.96. The van der Waals surface area contributed by atoms with Crippen molar-refractivity contribution in [3.05, 3.63) is 42.0 Å². The highest BCUT2D eigenvalue weighted by molar-refractivity contribution is 5.40. The molecule has 2 N–H and O–H groups in total. The normalized spacial score (nSPS) is 41.7. The second-order valence-corrected chi connectivity index (χ2v) is 8.30. The Hall–Kier alpha value is -1.28. The third kappa shape index (κ3) is 2.18. The maximum Gasteiger partial charge on any atom is 0.115 e. The number of benzene rings is 1. The van der Waals surface area contributed by atoms with E-state index in [1.54, 1.807) is 0 Å². The predicted octanol–water partition coefficient (Wildman–Crippen LogP) is 4.41. The van der Waals surface area contributed by atoms with Crippen LogP contribution in [0.4, 0.5) is 0 Å². The van der Waals surface area contributed by atoms with Crippen LogP contribution in [-0.2, 0) is 6.42 Å². The van der Waals surface area contributed by atoms with Gasteiger partial charge in [-0.25, -0.2) is 0 Å². The molecule has 0 amide bonds. The van der Waals surface area contributed by atoms with E-state index in [0.717, 1.165) is 25.7 Å². The summed E-state index contributed by atoms with van der Waals surface area (Å²) in [4.78, 5) is 0. The molecule has 0 spiro atoms. The summed E-state index contributed by atoms with van der Waals surface area (Å²) in [5.74, 6) is 2.86. The molecule has 2 fully saturated rings. The van der Waals surface area contributed by atoms with Crippen molar-refractivity contribution >= 4 is 0 Å². The van der Waals surface area contributed by atoms with Crippen molar-refractivity contribution in [2.24, 2.45) is 23.2 Å². The van der Waals surface area contributed by atoms with Crippen LogP contribution in [0.1, 0.15) is 56.1 Å². The molecular formula is C21H28O2. The van der Waals surface area contributed by atoms with Crippen molar-refractivity contribution in [1.29, 1.82) is 0 Å². The molecule has 2 heteroatoms. The van der Waals surface area contributed by atoms with Crippen LogP contribution in [0.25, 0.3) is 0 Å². The van der Waals surface area contributed by atoms with Gasteiger partial charge in [0.2, 0.25) is 0 Å². The van der Waals surface area contributed by atoms with Crippen LogP contribution in [0.2, 0.25) is 0 Å². The van der Waals surface area contributed by atoms with E-state index in [4.69, 9.17) is 0 Å². The summed E-state index contributed by atoms with van der Waals surface area (Å²) in [7, 11) is 0. The first-order valence-electron chi connectivity index (χ1n) is 9.15. The molecule has 0 heterocycles. The number of aliphatic hydroxyl groups is 1. The molecule has 2 nitrogen and oxygen atoms in total. The summed E-state index contributed by atoms with van der Waals surface area (Å²) in [5.41, 5.74) is 2.89. The Morgan fingerprint density at radius 2 is 2.17 bits per heavy atom. The standard InChI is InChI=1S/C21H28O2/c1-3-4-14-12-19(23)21(2)10-9-17-16-8-6-15(22)11-13(16)5-7-18(17)20(14)21/h3,6,8,11,14,17-20,22-23H,1,4-5,7,9-10,12H2,2H3/t14-,17-,18-,19-,20+,21-/m1/s1. The largest absolute Gasteiger partial charge is 0.508 e. The van der Waals surface area contributed by atoms with E-state index in [1.165, 1.54) is 24.0 Å². The van der Waals surface area contributed by atoms with E-state index in [1.807, 2.05) is 18.2 Å². The number of aliphatic hydroxyl groups excluding tert-OH is 1. The third-order valence-corrected chi connectivity index (χ3v) is 7.27. The number of phenols is 1. The first-order valence-corrected chi connectivity index (χ1v) is 9.15. The number of hydrogen-bond acceptors (Lipinski definition) is 2. The van der Waals surface area contributed by atoms with Crippen molar-refractivity contribution in [2.75, 3.05) is 0 Å². The van der Waals surface area contributed by atoms with Gasteiger partial charge in [0, 0.05) is 0 Å². The Balaban J connectivity index is 1.72. The second-order valence-electron chi connectivity index (χ2n) is 8.30. The molecule has 0 radical (unpaired) electrons. The zero-order valence-electron chi connectivity index (χ0n) is 14.0. The number of allylic oxidation sites excluding steroid dienone is 1. The molecule has 6 atom stereocenters. The SMILES string of the molecule is C=CC[C@@H]1C[C@@H](O)[C@@]2(C)CC[C@@H]3c4ccc(O)cc4CC[C@H]3[C@H]12. The molecule has 0 bridgehead atoms. The predicted molar refractivity (Wildman–Crippen MR) is 92.4 cm³/mol. The van der Waals surface area contributed by atoms with E-state index in [2.05, 4.69) is 19.6 Å². The Bertz CT molecular complexity index is 622. The number of aromatic hydroxyl groups is 1. The van der Waals surface area contributed by atoms with Gasteiger partial charge in [-0.1, -0.05) is 19.1 Å². The highest BCUT2D eigenvalue weighted by Gasteiger charge is 2.57. The topological polar surface area (TPSA) is 40.5 Å². The second kappa shape index (κ2) is 5.37. The highest BCUT2D eigenvalue weighted by Crippen LogP contribution is 2.63. The molecule has 1 aromatic rings. The molecule has 0 saturated heterocycles. The maximum atomic E-state index is 10.7. The van der Waals surface area contributed by atoms with E-state index in [9.17, 15) is 10.2 Å². The molecule has 4 rings (SSSR count).